The number of aryl methyl sites for hydroxylation is 2. The lowest BCUT2D eigenvalue weighted by molar-refractivity contribution is 0.986. The quantitative estimate of drug-likeness (QED) is 0.551. The number of hydrogen-bond acceptors (Lipinski definition) is 0. The van der Waals surface area contributed by atoms with Gasteiger partial charge in [-0.05, 0) is 31.9 Å². The zero-order valence-electron chi connectivity index (χ0n) is 7.89. The summed E-state index contributed by atoms with van der Waals surface area (Å²) in [7, 11) is 0. The van der Waals surface area contributed by atoms with Crippen molar-refractivity contribution in [3.63, 3.8) is 0 Å². The summed E-state index contributed by atoms with van der Waals surface area (Å²) in [6.07, 6.45) is 5.36. The smallest absolute Gasteiger partial charge is 0.0424 e. The molecule has 0 heteroatoms. The van der Waals surface area contributed by atoms with E-state index in [-0.39, 0.29) is 5.92 Å². The van der Waals surface area contributed by atoms with E-state index in [2.05, 4.69) is 44.9 Å². The van der Waals surface area contributed by atoms with E-state index in [9.17, 15) is 0 Å². The Hall–Kier alpha value is -1.22. The first-order valence-corrected chi connectivity index (χ1v) is 4.18. The van der Waals surface area contributed by atoms with Crippen molar-refractivity contribution in [3.8, 4) is 12.3 Å². The van der Waals surface area contributed by atoms with E-state index in [1.54, 1.807) is 0 Å². The molecule has 0 saturated heterocycles. The van der Waals surface area contributed by atoms with Crippen molar-refractivity contribution < 1.29 is 0 Å². The summed E-state index contributed by atoms with van der Waals surface area (Å²) in [6.45, 7) is 6.26. The lowest BCUT2D eigenvalue weighted by atomic mass is 9.96. The van der Waals surface area contributed by atoms with Crippen molar-refractivity contribution in [1.29, 1.82) is 0 Å². The van der Waals surface area contributed by atoms with Crippen LogP contribution >= 0.6 is 0 Å². The van der Waals surface area contributed by atoms with Gasteiger partial charge in [0.15, 0.2) is 0 Å². The Labute approximate surface area is 74.6 Å². The third kappa shape index (κ3) is 1.68. The number of hydrogen-bond donors (Lipinski definition) is 0. The van der Waals surface area contributed by atoms with Crippen molar-refractivity contribution >= 4 is 0 Å². The molecule has 1 rings (SSSR count). The van der Waals surface area contributed by atoms with Crippen LogP contribution in [0.3, 0.4) is 0 Å². The fraction of sp³-hybridized carbons (Fsp3) is 0.333. The third-order valence-corrected chi connectivity index (χ3v) is 2.14. The van der Waals surface area contributed by atoms with Crippen molar-refractivity contribution in [3.05, 3.63) is 34.9 Å². The summed E-state index contributed by atoms with van der Waals surface area (Å²) in [6, 6.07) is 6.40. The van der Waals surface area contributed by atoms with E-state index < -0.39 is 0 Å². The molecule has 0 aliphatic carbocycles. The normalized spacial score (nSPS) is 12.2. The highest BCUT2D eigenvalue weighted by Crippen LogP contribution is 2.19. The zero-order valence-corrected chi connectivity index (χ0v) is 7.89. The molecule has 0 heterocycles. The molecular weight excluding hydrogens is 144 g/mol. The lowest BCUT2D eigenvalue weighted by Crippen LogP contribution is -1.93. The maximum atomic E-state index is 5.36. The summed E-state index contributed by atoms with van der Waals surface area (Å²) in [4.78, 5) is 0. The largest absolute Gasteiger partial charge is 0.119 e. The predicted octanol–water partition coefficient (Wildman–Crippen LogP) is 3.04. The Morgan fingerprint density at radius 2 is 2.00 bits per heavy atom. The van der Waals surface area contributed by atoms with E-state index in [4.69, 9.17) is 6.42 Å². The molecule has 0 aromatic heterocycles. The maximum absolute atomic E-state index is 5.36. The summed E-state index contributed by atoms with van der Waals surface area (Å²) in [5.74, 6) is 2.97. The molecule has 12 heavy (non-hydrogen) atoms. The highest BCUT2D eigenvalue weighted by atomic mass is 14.1. The summed E-state index contributed by atoms with van der Waals surface area (Å²) >= 11 is 0. The van der Waals surface area contributed by atoms with Gasteiger partial charge in [-0.15, -0.1) is 6.42 Å². The van der Waals surface area contributed by atoms with Gasteiger partial charge in [-0.25, -0.2) is 0 Å². The minimum atomic E-state index is 0.227. The van der Waals surface area contributed by atoms with Gasteiger partial charge in [-0.2, -0.15) is 0 Å². The molecule has 1 unspecified atom stereocenters. The second-order valence-electron chi connectivity index (χ2n) is 3.25. The predicted molar refractivity (Wildman–Crippen MR) is 53.2 cm³/mol. The Bertz CT molecular complexity index is 315. The molecule has 1 aromatic rings. The van der Waals surface area contributed by atoms with Gasteiger partial charge in [0.1, 0.15) is 0 Å². The Balaban J connectivity index is 3.11. The van der Waals surface area contributed by atoms with Crippen LogP contribution in [0.15, 0.2) is 18.2 Å². The minimum absolute atomic E-state index is 0.227. The van der Waals surface area contributed by atoms with Crippen LogP contribution in [-0.4, -0.2) is 0 Å². The molecule has 0 N–H and O–H groups in total. The molecule has 1 atom stereocenters. The highest BCUT2D eigenvalue weighted by Gasteiger charge is 2.03. The van der Waals surface area contributed by atoms with Crippen molar-refractivity contribution in [1.82, 2.24) is 0 Å². The van der Waals surface area contributed by atoms with Crippen LogP contribution < -0.4 is 0 Å². The molecule has 62 valence electrons. The summed E-state index contributed by atoms with van der Waals surface area (Å²) in [5.41, 5.74) is 3.85. The Morgan fingerprint density at radius 1 is 1.33 bits per heavy atom. The molecule has 0 saturated carbocycles. The van der Waals surface area contributed by atoms with Crippen LogP contribution in [0.1, 0.15) is 29.5 Å². The van der Waals surface area contributed by atoms with Gasteiger partial charge >= 0.3 is 0 Å². The lowest BCUT2D eigenvalue weighted by Gasteiger charge is -2.08. The molecule has 0 fully saturated rings. The van der Waals surface area contributed by atoms with Gasteiger partial charge in [0.05, 0.1) is 0 Å². The number of rotatable bonds is 1. The van der Waals surface area contributed by atoms with E-state index in [1.807, 2.05) is 0 Å². The fourth-order valence-electron chi connectivity index (χ4n) is 1.40. The molecule has 0 spiro atoms. The maximum Gasteiger partial charge on any atom is 0.0424 e. The topological polar surface area (TPSA) is 0 Å². The van der Waals surface area contributed by atoms with Gasteiger partial charge in [0.2, 0.25) is 0 Å². The van der Waals surface area contributed by atoms with Crippen molar-refractivity contribution in [2.45, 2.75) is 26.7 Å². The SMILES string of the molecule is C#CC(C)c1ccc(C)cc1C. The van der Waals surface area contributed by atoms with Crippen LogP contribution in [0.4, 0.5) is 0 Å². The first-order valence-electron chi connectivity index (χ1n) is 4.18. The standard InChI is InChI=1S/C12H14/c1-5-10(3)12-7-6-9(2)8-11(12)4/h1,6-8,10H,2-4H3. The van der Waals surface area contributed by atoms with Gasteiger partial charge in [-0.1, -0.05) is 29.7 Å². The highest BCUT2D eigenvalue weighted by molar-refractivity contribution is 5.35. The molecule has 0 amide bonds. The van der Waals surface area contributed by atoms with Crippen molar-refractivity contribution in [2.24, 2.45) is 0 Å². The first kappa shape index (κ1) is 8.87. The molecule has 0 nitrogen and oxygen atoms in total. The average Bonchev–Trinajstić information content (AvgIpc) is 2.03. The Kier molecular flexibility index (Phi) is 2.55. The number of benzene rings is 1. The van der Waals surface area contributed by atoms with Crippen LogP contribution in [0.25, 0.3) is 0 Å². The molecular formula is C12H14. The third-order valence-electron chi connectivity index (χ3n) is 2.14. The van der Waals surface area contributed by atoms with E-state index in [1.165, 1.54) is 16.7 Å². The van der Waals surface area contributed by atoms with Gasteiger partial charge in [0.25, 0.3) is 0 Å². The first-order chi connectivity index (χ1) is 5.65. The summed E-state index contributed by atoms with van der Waals surface area (Å²) in [5, 5.41) is 0. The van der Waals surface area contributed by atoms with Crippen LogP contribution in [0, 0.1) is 26.2 Å². The molecule has 1 aromatic carbocycles. The second kappa shape index (κ2) is 3.45. The average molecular weight is 158 g/mol. The molecule has 0 aliphatic rings. The monoisotopic (exact) mass is 158 g/mol. The zero-order chi connectivity index (χ0) is 9.14. The number of terminal acetylenes is 1. The second-order valence-corrected chi connectivity index (χ2v) is 3.25. The van der Waals surface area contributed by atoms with Crippen LogP contribution in [-0.2, 0) is 0 Å². The van der Waals surface area contributed by atoms with Gasteiger partial charge in [0, 0.05) is 5.92 Å². The van der Waals surface area contributed by atoms with E-state index in [0.29, 0.717) is 0 Å². The molecule has 0 bridgehead atoms. The van der Waals surface area contributed by atoms with Crippen molar-refractivity contribution in [2.75, 3.05) is 0 Å². The van der Waals surface area contributed by atoms with Crippen LogP contribution in [0.5, 0.6) is 0 Å². The summed E-state index contributed by atoms with van der Waals surface area (Å²) < 4.78 is 0. The molecule has 0 aliphatic heterocycles. The van der Waals surface area contributed by atoms with Gasteiger partial charge < -0.3 is 0 Å². The van der Waals surface area contributed by atoms with E-state index in [0.717, 1.165) is 0 Å². The Morgan fingerprint density at radius 3 is 2.50 bits per heavy atom. The van der Waals surface area contributed by atoms with Crippen LogP contribution in [0.2, 0.25) is 0 Å². The van der Waals surface area contributed by atoms with E-state index >= 15 is 0 Å². The fourth-order valence-corrected chi connectivity index (χ4v) is 1.40. The van der Waals surface area contributed by atoms with Gasteiger partial charge in [-0.3, -0.25) is 0 Å². The minimum Gasteiger partial charge on any atom is -0.119 e. The molecule has 0 radical (unpaired) electrons.